The molecule has 1 aromatic carbocycles. The first-order chi connectivity index (χ1) is 10.1. The summed E-state index contributed by atoms with van der Waals surface area (Å²) in [7, 11) is 0. The Morgan fingerprint density at radius 2 is 1.76 bits per heavy atom. The normalized spacial score (nSPS) is 18.7. The van der Waals surface area contributed by atoms with Crippen molar-refractivity contribution in [1.82, 2.24) is 0 Å². The van der Waals surface area contributed by atoms with E-state index in [9.17, 15) is 4.79 Å². The molecule has 4 heteroatoms. The van der Waals surface area contributed by atoms with Gasteiger partial charge in [0.05, 0.1) is 17.3 Å². The number of anilines is 2. The maximum Gasteiger partial charge on any atom is 0.228 e. The molecule has 1 heterocycles. The van der Waals surface area contributed by atoms with Crippen LogP contribution in [0.5, 0.6) is 0 Å². The van der Waals surface area contributed by atoms with Crippen molar-refractivity contribution in [2.75, 3.05) is 23.3 Å². The van der Waals surface area contributed by atoms with Crippen LogP contribution in [0.15, 0.2) is 24.3 Å². The lowest BCUT2D eigenvalue weighted by molar-refractivity contribution is -0.119. The molecule has 2 atom stereocenters. The fourth-order valence-electron chi connectivity index (χ4n) is 2.65. The second kappa shape index (κ2) is 7.46. The van der Waals surface area contributed by atoms with Crippen molar-refractivity contribution < 1.29 is 4.79 Å². The molecule has 1 amide bonds. The molecule has 3 N–H and O–H groups in total. The minimum atomic E-state index is -0.192. The van der Waals surface area contributed by atoms with Crippen LogP contribution in [0.3, 0.4) is 0 Å². The molecule has 0 saturated carbocycles. The third-order valence-corrected chi connectivity index (χ3v) is 4.31. The van der Waals surface area contributed by atoms with Crippen LogP contribution >= 0.6 is 0 Å². The molecule has 1 aliphatic heterocycles. The second-order valence-electron chi connectivity index (χ2n) is 6.06. The van der Waals surface area contributed by atoms with E-state index in [1.54, 1.807) is 0 Å². The van der Waals surface area contributed by atoms with Gasteiger partial charge in [0.15, 0.2) is 0 Å². The van der Waals surface area contributed by atoms with Crippen LogP contribution in [-0.2, 0) is 4.79 Å². The predicted octanol–water partition coefficient (Wildman–Crippen LogP) is 2.99. The van der Waals surface area contributed by atoms with E-state index in [0.717, 1.165) is 24.5 Å². The summed E-state index contributed by atoms with van der Waals surface area (Å²) in [4.78, 5) is 14.6. The lowest BCUT2D eigenvalue weighted by Crippen LogP contribution is -2.35. The highest BCUT2D eigenvalue weighted by atomic mass is 16.1. The number of hydrogen-bond acceptors (Lipinski definition) is 3. The summed E-state index contributed by atoms with van der Waals surface area (Å²) >= 11 is 0. The minimum Gasteiger partial charge on any atom is -0.370 e. The summed E-state index contributed by atoms with van der Waals surface area (Å²) in [6, 6.07) is 7.93. The van der Waals surface area contributed by atoms with Gasteiger partial charge in [0.2, 0.25) is 5.91 Å². The Morgan fingerprint density at radius 1 is 1.14 bits per heavy atom. The Bertz CT molecular complexity index is 465. The summed E-state index contributed by atoms with van der Waals surface area (Å²) in [5.41, 5.74) is 7.85. The highest BCUT2D eigenvalue weighted by Gasteiger charge is 2.19. The van der Waals surface area contributed by atoms with Crippen LogP contribution in [0.1, 0.15) is 39.5 Å². The van der Waals surface area contributed by atoms with Gasteiger partial charge in [0.25, 0.3) is 0 Å². The monoisotopic (exact) mass is 289 g/mol. The van der Waals surface area contributed by atoms with Gasteiger partial charge in [-0.1, -0.05) is 31.9 Å². The van der Waals surface area contributed by atoms with Gasteiger partial charge in [0.1, 0.15) is 0 Å². The fourth-order valence-corrected chi connectivity index (χ4v) is 2.65. The Balaban J connectivity index is 2.14. The summed E-state index contributed by atoms with van der Waals surface area (Å²) in [6.07, 6.45) is 5.04. The van der Waals surface area contributed by atoms with Crippen molar-refractivity contribution in [2.45, 2.75) is 45.6 Å². The van der Waals surface area contributed by atoms with Crippen molar-refractivity contribution in [1.29, 1.82) is 0 Å². The number of amides is 1. The number of para-hydroxylation sites is 2. The van der Waals surface area contributed by atoms with Crippen LogP contribution in [-0.4, -0.2) is 25.0 Å². The van der Waals surface area contributed by atoms with Gasteiger partial charge in [-0.3, -0.25) is 4.79 Å². The number of carbonyl (C=O) groups is 1. The van der Waals surface area contributed by atoms with Gasteiger partial charge >= 0.3 is 0 Å². The lowest BCUT2D eigenvalue weighted by Gasteiger charge is -2.26. The third-order valence-electron chi connectivity index (χ3n) is 4.31. The first-order valence-corrected chi connectivity index (χ1v) is 8.00. The quantitative estimate of drug-likeness (QED) is 0.896. The number of rotatable bonds is 4. The molecule has 0 radical (unpaired) electrons. The Morgan fingerprint density at radius 3 is 2.38 bits per heavy atom. The van der Waals surface area contributed by atoms with Crippen molar-refractivity contribution in [3.63, 3.8) is 0 Å². The van der Waals surface area contributed by atoms with E-state index in [1.807, 2.05) is 32.0 Å². The van der Waals surface area contributed by atoms with Crippen LogP contribution < -0.4 is 16.0 Å². The smallest absolute Gasteiger partial charge is 0.228 e. The average molecular weight is 289 g/mol. The maximum atomic E-state index is 12.2. The molecule has 2 rings (SSSR count). The van der Waals surface area contributed by atoms with E-state index in [4.69, 9.17) is 5.73 Å². The minimum absolute atomic E-state index is 0.00716. The Kier molecular flexibility index (Phi) is 5.62. The largest absolute Gasteiger partial charge is 0.370 e. The molecule has 0 bridgehead atoms. The lowest BCUT2D eigenvalue weighted by atomic mass is 10.0. The zero-order chi connectivity index (χ0) is 15.2. The number of nitrogens with zero attached hydrogens (tertiary/aromatic N) is 1. The zero-order valence-electron chi connectivity index (χ0n) is 13.1. The summed E-state index contributed by atoms with van der Waals surface area (Å²) in [6.45, 7) is 5.87. The number of carbonyl (C=O) groups excluding carboxylic acids is 1. The standard InChI is InChI=1S/C17H27N3O/c1-13(14(2)18)17(21)19-15-9-5-6-10-16(15)20-11-7-3-4-8-12-20/h5-6,9-10,13-14H,3-4,7-8,11-12,18H2,1-2H3,(H,19,21). The molecule has 1 saturated heterocycles. The first kappa shape index (κ1) is 15.8. The average Bonchev–Trinajstić information content (AvgIpc) is 2.76. The van der Waals surface area contributed by atoms with E-state index >= 15 is 0 Å². The number of nitrogens with two attached hydrogens (primary N) is 1. The molecule has 21 heavy (non-hydrogen) atoms. The predicted molar refractivity (Wildman–Crippen MR) is 88.6 cm³/mol. The van der Waals surface area contributed by atoms with Crippen LogP contribution in [0, 0.1) is 5.92 Å². The highest BCUT2D eigenvalue weighted by molar-refractivity contribution is 5.96. The third kappa shape index (κ3) is 4.21. The summed E-state index contributed by atoms with van der Waals surface area (Å²) < 4.78 is 0. The molecular weight excluding hydrogens is 262 g/mol. The SMILES string of the molecule is CC(N)C(C)C(=O)Nc1ccccc1N1CCCCCC1. The van der Waals surface area contributed by atoms with Gasteiger partial charge in [-0.25, -0.2) is 0 Å². The second-order valence-corrected chi connectivity index (χ2v) is 6.06. The molecule has 4 nitrogen and oxygen atoms in total. The van der Waals surface area contributed by atoms with Gasteiger partial charge in [-0.05, 0) is 31.9 Å². The maximum absolute atomic E-state index is 12.2. The van der Waals surface area contributed by atoms with Gasteiger partial charge in [-0.15, -0.1) is 0 Å². The van der Waals surface area contributed by atoms with Crippen LogP contribution in [0.25, 0.3) is 0 Å². The van der Waals surface area contributed by atoms with Crippen LogP contribution in [0.2, 0.25) is 0 Å². The number of benzene rings is 1. The van der Waals surface area contributed by atoms with E-state index in [-0.39, 0.29) is 17.9 Å². The van der Waals surface area contributed by atoms with Crippen molar-refractivity contribution >= 4 is 17.3 Å². The van der Waals surface area contributed by atoms with Crippen molar-refractivity contribution in [3.05, 3.63) is 24.3 Å². The van der Waals surface area contributed by atoms with Crippen molar-refractivity contribution in [3.8, 4) is 0 Å². The number of nitrogens with one attached hydrogen (secondary N) is 1. The van der Waals surface area contributed by atoms with Gasteiger partial charge in [0, 0.05) is 19.1 Å². The van der Waals surface area contributed by atoms with Crippen molar-refractivity contribution in [2.24, 2.45) is 11.7 Å². The van der Waals surface area contributed by atoms with E-state index < -0.39 is 0 Å². The molecule has 1 fully saturated rings. The van der Waals surface area contributed by atoms with Gasteiger partial charge < -0.3 is 16.0 Å². The van der Waals surface area contributed by atoms with E-state index in [0.29, 0.717) is 0 Å². The summed E-state index contributed by atoms with van der Waals surface area (Å²) in [5.74, 6) is -0.200. The Labute approximate surface area is 127 Å². The molecule has 1 aromatic rings. The van der Waals surface area contributed by atoms with E-state index in [1.165, 1.54) is 25.7 Å². The zero-order valence-corrected chi connectivity index (χ0v) is 13.1. The van der Waals surface area contributed by atoms with E-state index in [2.05, 4.69) is 16.3 Å². The highest BCUT2D eigenvalue weighted by Crippen LogP contribution is 2.28. The molecule has 116 valence electrons. The molecular formula is C17H27N3O. The topological polar surface area (TPSA) is 58.4 Å². The molecule has 0 aliphatic carbocycles. The summed E-state index contributed by atoms with van der Waals surface area (Å²) in [5, 5.41) is 3.05. The molecule has 0 spiro atoms. The molecule has 0 aromatic heterocycles. The fraction of sp³-hybridized carbons (Fsp3) is 0.588. The molecule has 2 unspecified atom stereocenters. The van der Waals surface area contributed by atoms with Crippen LogP contribution in [0.4, 0.5) is 11.4 Å². The Hall–Kier alpha value is -1.55. The first-order valence-electron chi connectivity index (χ1n) is 8.00. The van der Waals surface area contributed by atoms with Gasteiger partial charge in [-0.2, -0.15) is 0 Å². The number of hydrogen-bond donors (Lipinski definition) is 2. The molecule has 1 aliphatic rings.